The number of benzene rings is 1. The van der Waals surface area contributed by atoms with Gasteiger partial charge >= 0.3 is 0 Å². The second-order valence-corrected chi connectivity index (χ2v) is 4.57. The molecule has 0 aliphatic carbocycles. The number of nitrogens with one attached hydrogen (secondary N) is 1. The van der Waals surface area contributed by atoms with Crippen LogP contribution in [0.25, 0.3) is 0 Å². The number of hydrogen-bond acceptors (Lipinski definition) is 2. The molecule has 0 bridgehead atoms. The van der Waals surface area contributed by atoms with E-state index in [1.165, 1.54) is 18.2 Å². The number of hydrogen-bond donors (Lipinski definition) is 1. The Hall–Kier alpha value is -1.91. The molecule has 2 amide bonds. The molecule has 0 fully saturated rings. The van der Waals surface area contributed by atoms with Crippen molar-refractivity contribution in [3.05, 3.63) is 35.6 Å². The van der Waals surface area contributed by atoms with Crippen LogP contribution in [0.4, 0.5) is 4.39 Å². The molecule has 0 spiro atoms. The summed E-state index contributed by atoms with van der Waals surface area (Å²) in [6.45, 7) is 5.31. The lowest BCUT2D eigenvalue weighted by molar-refractivity contribution is -0.130. The van der Waals surface area contributed by atoms with Gasteiger partial charge in [0, 0.05) is 18.7 Å². The van der Waals surface area contributed by atoms with E-state index in [-0.39, 0.29) is 18.0 Å². The lowest BCUT2D eigenvalue weighted by Crippen LogP contribution is -2.41. The zero-order chi connectivity index (χ0) is 15.0. The van der Waals surface area contributed by atoms with Gasteiger partial charge in [-0.1, -0.05) is 19.9 Å². The second kappa shape index (κ2) is 8.30. The Bertz CT molecular complexity index is 457. The highest BCUT2D eigenvalue weighted by atomic mass is 19.1. The molecule has 0 saturated heterocycles. The Balaban J connectivity index is 2.53. The summed E-state index contributed by atoms with van der Waals surface area (Å²) in [5, 5.41) is 2.53. The SMILES string of the molecule is CCCN(CCC)C(=O)CNC(=O)c1cccc(F)c1. The van der Waals surface area contributed by atoms with E-state index in [9.17, 15) is 14.0 Å². The van der Waals surface area contributed by atoms with Gasteiger partial charge in [-0.25, -0.2) is 4.39 Å². The van der Waals surface area contributed by atoms with Gasteiger partial charge in [-0.05, 0) is 31.0 Å². The van der Waals surface area contributed by atoms with Gasteiger partial charge in [-0.3, -0.25) is 9.59 Å². The van der Waals surface area contributed by atoms with Crippen molar-refractivity contribution < 1.29 is 14.0 Å². The van der Waals surface area contributed by atoms with Crippen molar-refractivity contribution in [2.24, 2.45) is 0 Å². The smallest absolute Gasteiger partial charge is 0.251 e. The zero-order valence-corrected chi connectivity index (χ0v) is 12.0. The van der Waals surface area contributed by atoms with Crippen molar-refractivity contribution in [2.75, 3.05) is 19.6 Å². The van der Waals surface area contributed by atoms with Crippen LogP contribution in [-0.4, -0.2) is 36.3 Å². The minimum absolute atomic E-state index is 0.0602. The van der Waals surface area contributed by atoms with Gasteiger partial charge in [0.2, 0.25) is 5.91 Å². The standard InChI is InChI=1S/C15H21FN2O2/c1-3-8-18(9-4-2)14(19)11-17-15(20)12-6-5-7-13(16)10-12/h5-7,10H,3-4,8-9,11H2,1-2H3,(H,17,20). The molecule has 20 heavy (non-hydrogen) atoms. The molecule has 4 nitrogen and oxygen atoms in total. The molecule has 0 aromatic heterocycles. The summed E-state index contributed by atoms with van der Waals surface area (Å²) in [4.78, 5) is 25.5. The van der Waals surface area contributed by atoms with E-state index in [4.69, 9.17) is 0 Å². The van der Waals surface area contributed by atoms with E-state index in [0.29, 0.717) is 13.1 Å². The van der Waals surface area contributed by atoms with E-state index < -0.39 is 11.7 Å². The van der Waals surface area contributed by atoms with Gasteiger partial charge in [0.15, 0.2) is 0 Å². The van der Waals surface area contributed by atoms with E-state index in [1.54, 1.807) is 4.90 Å². The van der Waals surface area contributed by atoms with Gasteiger partial charge in [0.05, 0.1) is 6.54 Å². The van der Waals surface area contributed by atoms with Crippen molar-refractivity contribution in [1.82, 2.24) is 10.2 Å². The maximum atomic E-state index is 13.0. The van der Waals surface area contributed by atoms with Crippen LogP contribution in [0.2, 0.25) is 0 Å². The zero-order valence-electron chi connectivity index (χ0n) is 12.0. The fourth-order valence-corrected chi connectivity index (χ4v) is 1.90. The first-order valence-electron chi connectivity index (χ1n) is 6.90. The average Bonchev–Trinajstić information content (AvgIpc) is 2.44. The summed E-state index contributed by atoms with van der Waals surface area (Å²) in [6.07, 6.45) is 1.76. The minimum atomic E-state index is -0.470. The Morgan fingerprint density at radius 1 is 1.20 bits per heavy atom. The molecule has 1 aromatic rings. The summed E-state index contributed by atoms with van der Waals surface area (Å²) < 4.78 is 13.0. The monoisotopic (exact) mass is 280 g/mol. The Kier molecular flexibility index (Phi) is 6.70. The molecule has 5 heteroatoms. The van der Waals surface area contributed by atoms with Crippen LogP contribution in [0.5, 0.6) is 0 Å². The van der Waals surface area contributed by atoms with E-state index in [0.717, 1.165) is 18.9 Å². The predicted octanol–water partition coefficient (Wildman–Crippen LogP) is 2.20. The molecule has 0 saturated carbocycles. The fourth-order valence-electron chi connectivity index (χ4n) is 1.90. The first-order valence-corrected chi connectivity index (χ1v) is 6.90. The summed E-state index contributed by atoms with van der Waals surface area (Å²) in [7, 11) is 0. The first kappa shape index (κ1) is 16.1. The summed E-state index contributed by atoms with van der Waals surface area (Å²) in [5.41, 5.74) is 0.218. The summed E-state index contributed by atoms with van der Waals surface area (Å²) >= 11 is 0. The third-order valence-electron chi connectivity index (χ3n) is 2.83. The number of carbonyl (C=O) groups excluding carboxylic acids is 2. The summed E-state index contributed by atoms with van der Waals surface area (Å²) in [6, 6.07) is 5.40. The molecule has 1 rings (SSSR count). The Morgan fingerprint density at radius 3 is 2.40 bits per heavy atom. The lowest BCUT2D eigenvalue weighted by atomic mass is 10.2. The van der Waals surface area contributed by atoms with Gasteiger partial charge < -0.3 is 10.2 Å². The highest BCUT2D eigenvalue weighted by Gasteiger charge is 2.13. The topological polar surface area (TPSA) is 49.4 Å². The second-order valence-electron chi connectivity index (χ2n) is 4.57. The van der Waals surface area contributed by atoms with Gasteiger partial charge in [0.25, 0.3) is 5.91 Å². The molecule has 1 N–H and O–H groups in total. The number of carbonyl (C=O) groups is 2. The maximum absolute atomic E-state index is 13.0. The third kappa shape index (κ3) is 4.99. The van der Waals surface area contributed by atoms with Crippen molar-refractivity contribution in [1.29, 1.82) is 0 Å². The van der Waals surface area contributed by atoms with Crippen molar-refractivity contribution in [3.8, 4) is 0 Å². The maximum Gasteiger partial charge on any atom is 0.251 e. The third-order valence-corrected chi connectivity index (χ3v) is 2.83. The largest absolute Gasteiger partial charge is 0.343 e. The number of nitrogens with zero attached hydrogens (tertiary/aromatic N) is 1. The number of amides is 2. The molecule has 0 aliphatic heterocycles. The molecule has 1 aromatic carbocycles. The van der Waals surface area contributed by atoms with Crippen LogP contribution in [0, 0.1) is 5.82 Å². The van der Waals surface area contributed by atoms with Gasteiger partial charge in [0.1, 0.15) is 5.82 Å². The lowest BCUT2D eigenvalue weighted by Gasteiger charge is -2.21. The van der Waals surface area contributed by atoms with E-state index in [1.807, 2.05) is 13.8 Å². The number of halogens is 1. The minimum Gasteiger partial charge on any atom is -0.343 e. The fraction of sp³-hybridized carbons (Fsp3) is 0.467. The van der Waals surface area contributed by atoms with Crippen molar-refractivity contribution >= 4 is 11.8 Å². The first-order chi connectivity index (χ1) is 9.58. The van der Waals surface area contributed by atoms with Crippen LogP contribution in [0.1, 0.15) is 37.0 Å². The predicted molar refractivity (Wildman–Crippen MR) is 75.9 cm³/mol. The summed E-state index contributed by atoms with van der Waals surface area (Å²) in [5.74, 6) is -1.02. The molecule has 0 heterocycles. The van der Waals surface area contributed by atoms with Crippen LogP contribution in [-0.2, 0) is 4.79 Å². The van der Waals surface area contributed by atoms with E-state index >= 15 is 0 Å². The van der Waals surface area contributed by atoms with Crippen molar-refractivity contribution in [2.45, 2.75) is 26.7 Å². The molecular formula is C15H21FN2O2. The molecular weight excluding hydrogens is 259 g/mol. The van der Waals surface area contributed by atoms with Crippen LogP contribution in [0.3, 0.4) is 0 Å². The van der Waals surface area contributed by atoms with E-state index in [2.05, 4.69) is 5.32 Å². The highest BCUT2D eigenvalue weighted by Crippen LogP contribution is 2.03. The average molecular weight is 280 g/mol. The Labute approximate surface area is 119 Å². The molecule has 0 radical (unpaired) electrons. The van der Waals surface area contributed by atoms with Gasteiger partial charge in [-0.15, -0.1) is 0 Å². The van der Waals surface area contributed by atoms with Crippen LogP contribution < -0.4 is 5.32 Å². The number of rotatable bonds is 7. The molecule has 0 aliphatic rings. The highest BCUT2D eigenvalue weighted by molar-refractivity contribution is 5.96. The molecule has 0 atom stereocenters. The molecule has 110 valence electrons. The normalized spacial score (nSPS) is 10.2. The van der Waals surface area contributed by atoms with Crippen molar-refractivity contribution in [3.63, 3.8) is 0 Å². The molecule has 0 unspecified atom stereocenters. The quantitative estimate of drug-likeness (QED) is 0.832. The Morgan fingerprint density at radius 2 is 1.85 bits per heavy atom. The van der Waals surface area contributed by atoms with Crippen LogP contribution in [0.15, 0.2) is 24.3 Å². The van der Waals surface area contributed by atoms with Gasteiger partial charge in [-0.2, -0.15) is 0 Å². The van der Waals surface area contributed by atoms with Crippen LogP contribution >= 0.6 is 0 Å².